The van der Waals surface area contributed by atoms with E-state index < -0.39 is 35.6 Å². The maximum atomic E-state index is 12.6. The molecule has 0 bridgehead atoms. The lowest BCUT2D eigenvalue weighted by molar-refractivity contribution is -0.139. The van der Waals surface area contributed by atoms with Gasteiger partial charge in [0.2, 0.25) is 0 Å². The largest absolute Gasteiger partial charge is 0.480 e. The predicted octanol–water partition coefficient (Wildman–Crippen LogP) is 3.06. The van der Waals surface area contributed by atoms with Gasteiger partial charge in [-0.1, -0.05) is 12.1 Å². The number of ether oxygens (including phenoxy) is 1. The molecule has 148 valence electrons. The van der Waals surface area contributed by atoms with Gasteiger partial charge in [-0.05, 0) is 42.0 Å². The van der Waals surface area contributed by atoms with Crippen LogP contribution in [0.2, 0.25) is 0 Å². The number of nitrogens with one attached hydrogen (secondary N) is 1. The van der Waals surface area contributed by atoms with Gasteiger partial charge in [-0.2, -0.15) is 13.2 Å². The number of hydrogen-bond acceptors (Lipinski definition) is 4. The Morgan fingerprint density at radius 3 is 2.07 bits per heavy atom. The number of rotatable bonds is 6. The lowest BCUT2D eigenvalue weighted by atomic mass is 10.0. The van der Waals surface area contributed by atoms with Gasteiger partial charge in [0.1, 0.15) is 11.8 Å². The molecular formula is C19H16F3NO5. The molecule has 1 amide bonds. The quantitative estimate of drug-likeness (QED) is 0.579. The van der Waals surface area contributed by atoms with E-state index in [2.05, 4.69) is 5.32 Å². The Morgan fingerprint density at radius 1 is 1.04 bits per heavy atom. The number of benzene rings is 2. The maximum absolute atomic E-state index is 12.6. The Hall–Kier alpha value is -3.36. The van der Waals surface area contributed by atoms with Gasteiger partial charge in [-0.15, -0.1) is 0 Å². The second-order valence-corrected chi connectivity index (χ2v) is 5.88. The third-order valence-corrected chi connectivity index (χ3v) is 3.70. The number of carboxylic acids is 1. The minimum Gasteiger partial charge on any atom is -0.480 e. The van der Waals surface area contributed by atoms with Crippen molar-refractivity contribution in [3.63, 3.8) is 0 Å². The predicted molar refractivity (Wildman–Crippen MR) is 91.8 cm³/mol. The third-order valence-electron chi connectivity index (χ3n) is 3.70. The summed E-state index contributed by atoms with van der Waals surface area (Å²) >= 11 is 0. The molecule has 0 aromatic heterocycles. The molecule has 0 fully saturated rings. The summed E-state index contributed by atoms with van der Waals surface area (Å²) in [7, 11) is 0. The molecule has 0 saturated heterocycles. The summed E-state index contributed by atoms with van der Waals surface area (Å²) in [5.74, 6) is -2.32. The van der Waals surface area contributed by atoms with E-state index in [0.29, 0.717) is 5.56 Å². The Balaban J connectivity index is 2.07. The highest BCUT2D eigenvalue weighted by atomic mass is 19.4. The topological polar surface area (TPSA) is 92.7 Å². The number of alkyl halides is 3. The van der Waals surface area contributed by atoms with E-state index in [1.807, 2.05) is 0 Å². The van der Waals surface area contributed by atoms with Crippen molar-refractivity contribution in [1.82, 2.24) is 5.32 Å². The van der Waals surface area contributed by atoms with Crippen LogP contribution >= 0.6 is 0 Å². The summed E-state index contributed by atoms with van der Waals surface area (Å²) in [5.41, 5.74) is -0.388. The zero-order valence-electron chi connectivity index (χ0n) is 14.6. The van der Waals surface area contributed by atoms with E-state index in [0.717, 1.165) is 12.1 Å². The van der Waals surface area contributed by atoms with Gasteiger partial charge >= 0.3 is 18.1 Å². The molecule has 9 heteroatoms. The monoisotopic (exact) mass is 395 g/mol. The van der Waals surface area contributed by atoms with Gasteiger partial charge in [0.05, 0.1) is 5.56 Å². The van der Waals surface area contributed by atoms with Crippen LogP contribution in [0.1, 0.15) is 28.4 Å². The summed E-state index contributed by atoms with van der Waals surface area (Å²) in [6.07, 6.45) is -4.68. The number of hydrogen-bond donors (Lipinski definition) is 2. The SMILES string of the molecule is CC(=O)Oc1ccc(C(=O)N[C@H](Cc2ccc(C(F)(F)F)cc2)C(=O)O)cc1. The molecule has 28 heavy (non-hydrogen) atoms. The van der Waals surface area contributed by atoms with Gasteiger partial charge in [-0.3, -0.25) is 9.59 Å². The highest BCUT2D eigenvalue weighted by Crippen LogP contribution is 2.29. The number of amides is 1. The number of esters is 1. The molecular weight excluding hydrogens is 379 g/mol. The highest BCUT2D eigenvalue weighted by Gasteiger charge is 2.30. The summed E-state index contributed by atoms with van der Waals surface area (Å²) in [4.78, 5) is 34.5. The highest BCUT2D eigenvalue weighted by molar-refractivity contribution is 5.96. The summed E-state index contributed by atoms with van der Waals surface area (Å²) < 4.78 is 42.6. The van der Waals surface area contributed by atoms with E-state index in [4.69, 9.17) is 4.74 Å². The molecule has 0 saturated carbocycles. The minimum absolute atomic E-state index is 0.134. The van der Waals surface area contributed by atoms with Crippen molar-refractivity contribution >= 4 is 17.8 Å². The normalized spacial score (nSPS) is 12.1. The van der Waals surface area contributed by atoms with Crippen LogP contribution in [0.3, 0.4) is 0 Å². The van der Waals surface area contributed by atoms with Crippen LogP contribution < -0.4 is 10.1 Å². The van der Waals surface area contributed by atoms with Crippen LogP contribution in [0.5, 0.6) is 5.75 Å². The van der Waals surface area contributed by atoms with Gasteiger partial charge in [0.25, 0.3) is 5.91 Å². The van der Waals surface area contributed by atoms with E-state index in [1.54, 1.807) is 0 Å². The third kappa shape index (κ3) is 5.83. The van der Waals surface area contributed by atoms with Crippen molar-refractivity contribution in [2.45, 2.75) is 25.6 Å². The first kappa shape index (κ1) is 20.9. The standard InChI is InChI=1S/C19H16F3NO5/c1-11(24)28-15-8-4-13(5-9-15)17(25)23-16(18(26)27)10-12-2-6-14(7-3-12)19(20,21)22/h2-9,16H,10H2,1H3,(H,23,25)(H,26,27)/t16-/m1/s1. The van der Waals surface area contributed by atoms with E-state index in [1.165, 1.54) is 43.3 Å². The lowest BCUT2D eigenvalue weighted by Gasteiger charge is -2.15. The Bertz CT molecular complexity index is 861. The molecule has 0 aliphatic carbocycles. The van der Waals surface area contributed by atoms with Crippen LogP contribution in [0, 0.1) is 0 Å². The average Bonchev–Trinajstić information content (AvgIpc) is 2.60. The van der Waals surface area contributed by atoms with Gasteiger partial charge in [0, 0.05) is 18.9 Å². The molecule has 2 N–H and O–H groups in total. The Morgan fingerprint density at radius 2 is 1.61 bits per heavy atom. The Kier molecular flexibility index (Phi) is 6.40. The summed E-state index contributed by atoms with van der Waals surface area (Å²) in [6.45, 7) is 1.22. The van der Waals surface area contributed by atoms with E-state index in [-0.39, 0.29) is 17.7 Å². The van der Waals surface area contributed by atoms with E-state index in [9.17, 15) is 32.7 Å². The van der Waals surface area contributed by atoms with Crippen LogP contribution in [0.4, 0.5) is 13.2 Å². The molecule has 0 aliphatic heterocycles. The number of carbonyl (C=O) groups is 3. The van der Waals surface area contributed by atoms with E-state index >= 15 is 0 Å². The second kappa shape index (κ2) is 8.55. The fourth-order valence-electron chi connectivity index (χ4n) is 2.35. The molecule has 0 heterocycles. The number of carboxylic acid groups (broad SMARTS) is 1. The molecule has 0 unspecified atom stereocenters. The second-order valence-electron chi connectivity index (χ2n) is 5.88. The molecule has 2 aromatic rings. The van der Waals surface area contributed by atoms with Gasteiger partial charge in [0.15, 0.2) is 0 Å². The van der Waals surface area contributed by atoms with Crippen molar-refractivity contribution in [1.29, 1.82) is 0 Å². The molecule has 1 atom stereocenters. The zero-order chi connectivity index (χ0) is 20.9. The van der Waals surface area contributed by atoms with Gasteiger partial charge < -0.3 is 15.2 Å². The fraction of sp³-hybridized carbons (Fsp3) is 0.211. The molecule has 0 aliphatic rings. The van der Waals surface area contributed by atoms with Crippen molar-refractivity contribution in [2.75, 3.05) is 0 Å². The van der Waals surface area contributed by atoms with Crippen molar-refractivity contribution in [3.05, 3.63) is 65.2 Å². The first-order valence-electron chi connectivity index (χ1n) is 8.04. The Labute approximate surface area is 157 Å². The van der Waals surface area contributed by atoms with Gasteiger partial charge in [-0.25, -0.2) is 4.79 Å². The summed E-state index contributed by atoms with van der Waals surface area (Å²) in [6, 6.07) is 8.15. The first-order valence-corrected chi connectivity index (χ1v) is 8.04. The van der Waals surface area contributed by atoms with Crippen molar-refractivity contribution in [2.24, 2.45) is 0 Å². The molecule has 2 rings (SSSR count). The number of aliphatic carboxylic acids is 1. The molecule has 0 radical (unpaired) electrons. The summed E-state index contributed by atoms with van der Waals surface area (Å²) in [5, 5.41) is 11.6. The molecule has 2 aromatic carbocycles. The molecule has 6 nitrogen and oxygen atoms in total. The zero-order valence-corrected chi connectivity index (χ0v) is 14.6. The van der Waals surface area contributed by atoms with Crippen LogP contribution in [0.25, 0.3) is 0 Å². The number of halogens is 3. The van der Waals surface area contributed by atoms with Crippen LogP contribution in [0.15, 0.2) is 48.5 Å². The minimum atomic E-state index is -4.49. The van der Waals surface area contributed by atoms with Crippen LogP contribution in [-0.4, -0.2) is 29.0 Å². The maximum Gasteiger partial charge on any atom is 0.416 e. The van der Waals surface area contributed by atoms with Crippen molar-refractivity contribution in [3.8, 4) is 5.75 Å². The average molecular weight is 395 g/mol. The first-order chi connectivity index (χ1) is 13.1. The molecule has 0 spiro atoms. The van der Waals surface area contributed by atoms with Crippen molar-refractivity contribution < 1.29 is 37.4 Å². The smallest absolute Gasteiger partial charge is 0.416 e. The van der Waals surface area contributed by atoms with Crippen LogP contribution in [-0.2, 0) is 22.2 Å². The lowest BCUT2D eigenvalue weighted by Crippen LogP contribution is -2.42. The fourth-order valence-corrected chi connectivity index (χ4v) is 2.35. The number of carbonyl (C=O) groups excluding carboxylic acids is 2.